The van der Waals surface area contributed by atoms with Gasteiger partial charge in [0.2, 0.25) is 0 Å². The molecule has 4 heteroatoms. The second-order valence-corrected chi connectivity index (χ2v) is 5.90. The Morgan fingerprint density at radius 1 is 1.47 bits per heavy atom. The van der Waals surface area contributed by atoms with Crippen LogP contribution in [0.15, 0.2) is 12.4 Å². The second kappa shape index (κ2) is 7.06. The molecule has 0 bridgehead atoms. The van der Waals surface area contributed by atoms with Crippen molar-refractivity contribution in [2.24, 2.45) is 13.0 Å². The van der Waals surface area contributed by atoms with Crippen molar-refractivity contribution < 1.29 is 0 Å². The van der Waals surface area contributed by atoms with E-state index in [0.29, 0.717) is 0 Å². The van der Waals surface area contributed by atoms with Crippen molar-refractivity contribution in [1.82, 2.24) is 19.8 Å². The summed E-state index contributed by atoms with van der Waals surface area (Å²) in [5.41, 5.74) is 0. The first-order valence-corrected chi connectivity index (χ1v) is 7.58. The highest BCUT2D eigenvalue weighted by Crippen LogP contribution is 2.26. The van der Waals surface area contributed by atoms with Gasteiger partial charge in [0.05, 0.1) is 6.54 Å². The zero-order valence-corrected chi connectivity index (χ0v) is 12.6. The zero-order chi connectivity index (χ0) is 13.7. The molecule has 0 aromatic carbocycles. The predicted molar refractivity (Wildman–Crippen MR) is 79.0 cm³/mol. The van der Waals surface area contributed by atoms with E-state index in [9.17, 15) is 0 Å². The van der Waals surface area contributed by atoms with Crippen molar-refractivity contribution in [3.63, 3.8) is 0 Å². The molecule has 0 radical (unpaired) electrons. The third kappa shape index (κ3) is 4.05. The van der Waals surface area contributed by atoms with Crippen LogP contribution in [0.3, 0.4) is 0 Å². The fourth-order valence-corrected chi connectivity index (χ4v) is 3.11. The van der Waals surface area contributed by atoms with Crippen molar-refractivity contribution >= 4 is 0 Å². The minimum absolute atomic E-state index is 0.726. The van der Waals surface area contributed by atoms with Gasteiger partial charge in [-0.3, -0.25) is 4.90 Å². The Morgan fingerprint density at radius 3 is 3.00 bits per heavy atom. The van der Waals surface area contributed by atoms with E-state index in [0.717, 1.165) is 30.9 Å². The van der Waals surface area contributed by atoms with Gasteiger partial charge >= 0.3 is 0 Å². The summed E-state index contributed by atoms with van der Waals surface area (Å²) in [4.78, 5) is 6.82. The van der Waals surface area contributed by atoms with Crippen LogP contribution in [0, 0.1) is 5.92 Å². The zero-order valence-electron chi connectivity index (χ0n) is 12.6. The maximum atomic E-state index is 4.40. The monoisotopic (exact) mass is 264 g/mol. The Hall–Kier alpha value is -0.870. The number of rotatable bonds is 7. The number of hydrogen-bond donors (Lipinski definition) is 1. The molecule has 19 heavy (non-hydrogen) atoms. The highest BCUT2D eigenvalue weighted by Gasteiger charge is 2.27. The Kier molecular flexibility index (Phi) is 5.40. The van der Waals surface area contributed by atoms with E-state index in [1.165, 1.54) is 32.2 Å². The van der Waals surface area contributed by atoms with Gasteiger partial charge in [0, 0.05) is 32.0 Å². The normalized spacial score (nSPS) is 23.4. The van der Waals surface area contributed by atoms with Gasteiger partial charge in [-0.2, -0.15) is 0 Å². The van der Waals surface area contributed by atoms with E-state index in [-0.39, 0.29) is 0 Å². The van der Waals surface area contributed by atoms with Crippen LogP contribution in [0.25, 0.3) is 0 Å². The van der Waals surface area contributed by atoms with Crippen LogP contribution in [0.1, 0.15) is 38.4 Å². The molecule has 4 nitrogen and oxygen atoms in total. The fourth-order valence-electron chi connectivity index (χ4n) is 3.11. The van der Waals surface area contributed by atoms with Gasteiger partial charge in [-0.1, -0.05) is 13.3 Å². The lowest BCUT2D eigenvalue weighted by molar-refractivity contribution is 0.239. The molecule has 2 rings (SSSR count). The molecule has 0 amide bonds. The highest BCUT2D eigenvalue weighted by atomic mass is 15.2. The lowest BCUT2D eigenvalue weighted by Crippen LogP contribution is -2.38. The summed E-state index contributed by atoms with van der Waals surface area (Å²) in [6, 6.07) is 0.726. The largest absolute Gasteiger partial charge is 0.337 e. The summed E-state index contributed by atoms with van der Waals surface area (Å²) < 4.78 is 2.11. The molecule has 1 aromatic rings. The third-order valence-corrected chi connectivity index (χ3v) is 4.19. The standard InChI is InChI=1S/C15H28N4/c1-4-8-16-14-7-5-6-13(14)11-18(2)12-15-17-9-10-19(15)3/h9-10,13-14,16H,4-8,11-12H2,1-3H3. The lowest BCUT2D eigenvalue weighted by Gasteiger charge is -2.26. The van der Waals surface area contributed by atoms with Gasteiger partial charge in [0.1, 0.15) is 5.82 Å². The molecule has 1 fully saturated rings. The molecule has 2 unspecified atom stereocenters. The van der Waals surface area contributed by atoms with Gasteiger partial charge in [-0.25, -0.2) is 4.98 Å². The number of aryl methyl sites for hydroxylation is 1. The molecule has 0 spiro atoms. The molecule has 0 aliphatic heterocycles. The Labute approximate surface area is 117 Å². The van der Waals surface area contributed by atoms with E-state index in [1.54, 1.807) is 0 Å². The van der Waals surface area contributed by atoms with Crippen LogP contribution in [-0.2, 0) is 13.6 Å². The van der Waals surface area contributed by atoms with E-state index >= 15 is 0 Å². The van der Waals surface area contributed by atoms with Crippen LogP contribution in [0.4, 0.5) is 0 Å². The summed E-state index contributed by atoms with van der Waals surface area (Å²) >= 11 is 0. The average molecular weight is 264 g/mol. The lowest BCUT2D eigenvalue weighted by atomic mass is 10.0. The van der Waals surface area contributed by atoms with Crippen LogP contribution in [0.2, 0.25) is 0 Å². The maximum Gasteiger partial charge on any atom is 0.122 e. The number of aromatic nitrogens is 2. The molecule has 1 aliphatic rings. The number of nitrogens with zero attached hydrogens (tertiary/aromatic N) is 3. The van der Waals surface area contributed by atoms with Crippen molar-refractivity contribution in [3.8, 4) is 0 Å². The van der Waals surface area contributed by atoms with Gasteiger partial charge in [0.25, 0.3) is 0 Å². The first-order valence-electron chi connectivity index (χ1n) is 7.58. The van der Waals surface area contributed by atoms with Gasteiger partial charge in [0.15, 0.2) is 0 Å². The van der Waals surface area contributed by atoms with Crippen molar-refractivity contribution in [3.05, 3.63) is 18.2 Å². The minimum Gasteiger partial charge on any atom is -0.337 e. The first kappa shape index (κ1) is 14.5. The Balaban J connectivity index is 1.81. The molecular formula is C15H28N4. The quantitative estimate of drug-likeness (QED) is 0.818. The predicted octanol–water partition coefficient (Wildman–Crippen LogP) is 2.02. The first-order chi connectivity index (χ1) is 9.20. The van der Waals surface area contributed by atoms with Gasteiger partial charge in [-0.15, -0.1) is 0 Å². The third-order valence-electron chi connectivity index (χ3n) is 4.19. The number of imidazole rings is 1. The van der Waals surface area contributed by atoms with E-state index in [1.807, 2.05) is 12.4 Å². The summed E-state index contributed by atoms with van der Waals surface area (Å²) in [7, 11) is 4.28. The van der Waals surface area contributed by atoms with Crippen molar-refractivity contribution in [2.75, 3.05) is 20.1 Å². The molecule has 1 heterocycles. The van der Waals surface area contributed by atoms with Crippen LogP contribution in [0.5, 0.6) is 0 Å². The van der Waals surface area contributed by atoms with E-state index in [2.05, 4.69) is 40.8 Å². The van der Waals surface area contributed by atoms with Gasteiger partial charge < -0.3 is 9.88 Å². The summed E-state index contributed by atoms with van der Waals surface area (Å²) in [6.45, 7) is 5.52. The molecular weight excluding hydrogens is 236 g/mol. The van der Waals surface area contributed by atoms with Crippen molar-refractivity contribution in [1.29, 1.82) is 0 Å². The fraction of sp³-hybridized carbons (Fsp3) is 0.800. The van der Waals surface area contributed by atoms with Crippen LogP contribution < -0.4 is 5.32 Å². The second-order valence-electron chi connectivity index (χ2n) is 5.90. The van der Waals surface area contributed by atoms with Gasteiger partial charge in [-0.05, 0) is 38.8 Å². The van der Waals surface area contributed by atoms with Crippen LogP contribution >= 0.6 is 0 Å². The Morgan fingerprint density at radius 2 is 2.32 bits per heavy atom. The number of hydrogen-bond acceptors (Lipinski definition) is 3. The molecule has 1 aliphatic carbocycles. The summed E-state index contributed by atoms with van der Waals surface area (Å²) in [6.07, 6.45) is 9.22. The Bertz CT molecular complexity index is 374. The highest BCUT2D eigenvalue weighted by molar-refractivity contribution is 4.92. The molecule has 1 saturated carbocycles. The molecule has 2 atom stereocenters. The molecule has 0 saturated heterocycles. The smallest absolute Gasteiger partial charge is 0.122 e. The van der Waals surface area contributed by atoms with Crippen LogP contribution in [-0.4, -0.2) is 40.6 Å². The summed E-state index contributed by atoms with van der Waals surface area (Å²) in [5.74, 6) is 1.95. The summed E-state index contributed by atoms with van der Waals surface area (Å²) in [5, 5.41) is 3.71. The van der Waals surface area contributed by atoms with E-state index < -0.39 is 0 Å². The SMILES string of the molecule is CCCNC1CCCC1CN(C)Cc1nccn1C. The van der Waals surface area contributed by atoms with Crippen molar-refractivity contribution in [2.45, 2.75) is 45.2 Å². The van der Waals surface area contributed by atoms with E-state index in [4.69, 9.17) is 0 Å². The maximum absolute atomic E-state index is 4.40. The average Bonchev–Trinajstić information content (AvgIpc) is 2.97. The topological polar surface area (TPSA) is 33.1 Å². The molecule has 1 aromatic heterocycles. The molecule has 108 valence electrons. The minimum atomic E-state index is 0.726. The number of nitrogens with one attached hydrogen (secondary N) is 1. The molecule has 1 N–H and O–H groups in total.